The summed E-state index contributed by atoms with van der Waals surface area (Å²) in [7, 11) is 0. The molecule has 1 saturated heterocycles. The number of hydrogen-bond donors (Lipinski definition) is 3. The van der Waals surface area contributed by atoms with Gasteiger partial charge in [0.2, 0.25) is 0 Å². The number of nitrogens with two attached hydrogens (primary N) is 1. The molecule has 0 spiro atoms. The van der Waals surface area contributed by atoms with Crippen molar-refractivity contribution in [1.29, 1.82) is 0 Å². The summed E-state index contributed by atoms with van der Waals surface area (Å²) in [4.78, 5) is 11.7. The van der Waals surface area contributed by atoms with Crippen LogP contribution in [-0.2, 0) is 10.2 Å². The van der Waals surface area contributed by atoms with Crippen molar-refractivity contribution in [1.82, 2.24) is 15.1 Å². The van der Waals surface area contributed by atoms with E-state index in [9.17, 15) is 9.18 Å². The molecule has 0 aromatic carbocycles. The van der Waals surface area contributed by atoms with Crippen LogP contribution >= 0.6 is 0 Å². The summed E-state index contributed by atoms with van der Waals surface area (Å²) in [6.45, 7) is 4.17. The van der Waals surface area contributed by atoms with Crippen molar-refractivity contribution in [3.8, 4) is 0 Å². The molecule has 4 N–H and O–H groups in total. The van der Waals surface area contributed by atoms with E-state index in [1.165, 1.54) is 6.08 Å². The normalized spacial score (nSPS) is 25.5. The van der Waals surface area contributed by atoms with E-state index in [-0.39, 0.29) is 29.3 Å². The van der Waals surface area contributed by atoms with Crippen LogP contribution in [0, 0.1) is 0 Å². The highest BCUT2D eigenvalue weighted by molar-refractivity contribution is 6.03. The zero-order valence-electron chi connectivity index (χ0n) is 13.0. The molecule has 1 unspecified atom stereocenters. The number of piperidine rings is 1. The number of halogens is 1. The minimum absolute atomic E-state index is 0.0265. The molecule has 1 aliphatic carbocycles. The van der Waals surface area contributed by atoms with Crippen molar-refractivity contribution in [2.45, 2.75) is 37.6 Å². The number of carbonyl (C=O) groups is 1. The number of primary amides is 1. The standard InChI is InChI=1S/C16H20FN5O/c1-16(2-4-19-5-3-16)11-8-20-22-13-10(14(18)23)6-9(17)7-12(13)21-15(11)22/h6,8,12,19,21H,2-5,7H2,1H3,(H2,18,23). The van der Waals surface area contributed by atoms with Crippen molar-refractivity contribution in [3.63, 3.8) is 0 Å². The lowest BCUT2D eigenvalue weighted by Crippen LogP contribution is -2.37. The van der Waals surface area contributed by atoms with E-state index in [2.05, 4.69) is 22.7 Å². The molecular formula is C16H20FN5O. The molecule has 1 aromatic rings. The summed E-state index contributed by atoms with van der Waals surface area (Å²) in [5, 5.41) is 11.2. The van der Waals surface area contributed by atoms with Gasteiger partial charge in [-0.2, -0.15) is 5.10 Å². The third-order valence-corrected chi connectivity index (χ3v) is 5.24. The van der Waals surface area contributed by atoms with Gasteiger partial charge in [-0.15, -0.1) is 0 Å². The molecule has 6 nitrogen and oxygen atoms in total. The number of rotatable bonds is 2. The average Bonchev–Trinajstić information content (AvgIpc) is 3.05. The molecule has 1 aromatic heterocycles. The lowest BCUT2D eigenvalue weighted by Gasteiger charge is -2.34. The number of amides is 1. The topological polar surface area (TPSA) is 85.0 Å². The van der Waals surface area contributed by atoms with E-state index >= 15 is 0 Å². The SMILES string of the molecule is CC1(c2cnn3c2NC2CC(F)=CC(C(N)=O)=C23)CCNCC1. The van der Waals surface area contributed by atoms with Gasteiger partial charge in [-0.05, 0) is 32.0 Å². The predicted molar refractivity (Wildman–Crippen MR) is 85.3 cm³/mol. The first-order chi connectivity index (χ1) is 11.0. The van der Waals surface area contributed by atoms with Gasteiger partial charge < -0.3 is 16.4 Å². The molecule has 4 rings (SSSR count). The summed E-state index contributed by atoms with van der Waals surface area (Å²) in [5.74, 6) is -0.0868. The third kappa shape index (κ3) is 2.10. The highest BCUT2D eigenvalue weighted by atomic mass is 19.1. The van der Waals surface area contributed by atoms with Crippen LogP contribution in [0.2, 0.25) is 0 Å². The van der Waals surface area contributed by atoms with Crippen LogP contribution in [0.15, 0.2) is 23.7 Å². The minimum Gasteiger partial charge on any atom is -0.366 e. The lowest BCUT2D eigenvalue weighted by molar-refractivity contribution is -0.114. The number of aromatic nitrogens is 2. The van der Waals surface area contributed by atoms with Crippen LogP contribution in [-0.4, -0.2) is 34.8 Å². The third-order valence-electron chi connectivity index (χ3n) is 5.24. The van der Waals surface area contributed by atoms with Gasteiger partial charge in [-0.1, -0.05) is 6.92 Å². The van der Waals surface area contributed by atoms with E-state index in [0.717, 1.165) is 37.3 Å². The summed E-state index contributed by atoms with van der Waals surface area (Å²) < 4.78 is 15.6. The van der Waals surface area contributed by atoms with Crippen LogP contribution in [0.4, 0.5) is 10.2 Å². The van der Waals surface area contributed by atoms with E-state index in [4.69, 9.17) is 5.73 Å². The maximum atomic E-state index is 13.8. The molecule has 0 bridgehead atoms. The number of anilines is 1. The Morgan fingerprint density at radius 2 is 2.22 bits per heavy atom. The van der Waals surface area contributed by atoms with Gasteiger partial charge in [-0.3, -0.25) is 4.79 Å². The van der Waals surface area contributed by atoms with E-state index in [1.54, 1.807) is 4.68 Å². The Hall–Kier alpha value is -2.15. The second-order valence-corrected chi connectivity index (χ2v) is 6.78. The molecule has 3 heterocycles. The Morgan fingerprint density at radius 3 is 2.91 bits per heavy atom. The quantitative estimate of drug-likeness (QED) is 0.767. The first-order valence-electron chi connectivity index (χ1n) is 7.96. The van der Waals surface area contributed by atoms with Crippen molar-refractivity contribution >= 4 is 17.4 Å². The van der Waals surface area contributed by atoms with Gasteiger partial charge in [0.25, 0.3) is 5.91 Å². The summed E-state index contributed by atoms with van der Waals surface area (Å²) >= 11 is 0. The van der Waals surface area contributed by atoms with Gasteiger partial charge in [0.1, 0.15) is 11.6 Å². The monoisotopic (exact) mass is 317 g/mol. The summed E-state index contributed by atoms with van der Waals surface area (Å²) in [6, 6.07) is -0.282. The maximum Gasteiger partial charge on any atom is 0.250 e. The Kier molecular flexibility index (Phi) is 3.09. The highest BCUT2D eigenvalue weighted by Gasteiger charge is 2.40. The first-order valence-corrected chi connectivity index (χ1v) is 7.96. The Labute approximate surface area is 133 Å². The molecular weight excluding hydrogens is 297 g/mol. The van der Waals surface area contributed by atoms with Crippen molar-refractivity contribution in [2.75, 3.05) is 18.4 Å². The van der Waals surface area contributed by atoms with Crippen LogP contribution in [0.5, 0.6) is 0 Å². The Morgan fingerprint density at radius 1 is 1.48 bits per heavy atom. The number of hydrogen-bond acceptors (Lipinski definition) is 4. The second-order valence-electron chi connectivity index (χ2n) is 6.78. The molecule has 1 fully saturated rings. The fourth-order valence-corrected chi connectivity index (χ4v) is 3.87. The van der Waals surface area contributed by atoms with E-state index in [0.29, 0.717) is 5.70 Å². The van der Waals surface area contributed by atoms with E-state index in [1.807, 2.05) is 6.20 Å². The van der Waals surface area contributed by atoms with Crippen LogP contribution in [0.25, 0.3) is 5.70 Å². The largest absolute Gasteiger partial charge is 0.366 e. The molecule has 1 amide bonds. The van der Waals surface area contributed by atoms with Crippen molar-refractivity contribution < 1.29 is 9.18 Å². The molecule has 0 radical (unpaired) electrons. The average molecular weight is 317 g/mol. The maximum absolute atomic E-state index is 13.8. The van der Waals surface area contributed by atoms with Crippen molar-refractivity contribution in [2.24, 2.45) is 5.73 Å². The smallest absolute Gasteiger partial charge is 0.250 e. The Balaban J connectivity index is 1.82. The van der Waals surface area contributed by atoms with Gasteiger partial charge in [0, 0.05) is 17.4 Å². The fraction of sp³-hybridized carbons (Fsp3) is 0.500. The molecule has 3 aliphatic rings. The first kappa shape index (κ1) is 14.4. The van der Waals surface area contributed by atoms with E-state index < -0.39 is 5.91 Å². The van der Waals surface area contributed by atoms with Crippen LogP contribution < -0.4 is 16.4 Å². The molecule has 7 heteroatoms. The summed E-state index contributed by atoms with van der Waals surface area (Å²) in [6.07, 6.45) is 5.36. The fourth-order valence-electron chi connectivity index (χ4n) is 3.87. The lowest BCUT2D eigenvalue weighted by atomic mass is 9.76. The molecule has 2 aliphatic heterocycles. The minimum atomic E-state index is -0.625. The Bertz CT molecular complexity index is 742. The predicted octanol–water partition coefficient (Wildman–Crippen LogP) is 1.27. The zero-order valence-corrected chi connectivity index (χ0v) is 13.0. The van der Waals surface area contributed by atoms with Gasteiger partial charge in [0.05, 0.1) is 23.5 Å². The van der Waals surface area contributed by atoms with Gasteiger partial charge in [-0.25, -0.2) is 9.07 Å². The second kappa shape index (κ2) is 4.92. The molecule has 122 valence electrons. The van der Waals surface area contributed by atoms with Crippen LogP contribution in [0.3, 0.4) is 0 Å². The number of carbonyl (C=O) groups excluding carboxylic acids is 1. The number of fused-ring (bicyclic) bond motifs is 3. The van der Waals surface area contributed by atoms with Crippen LogP contribution in [0.1, 0.15) is 31.7 Å². The number of nitrogens with zero attached hydrogens (tertiary/aromatic N) is 2. The molecule has 23 heavy (non-hydrogen) atoms. The number of nitrogens with one attached hydrogen (secondary N) is 2. The zero-order chi connectivity index (χ0) is 16.2. The van der Waals surface area contributed by atoms with Gasteiger partial charge >= 0.3 is 0 Å². The summed E-state index contributed by atoms with van der Waals surface area (Å²) in [5.41, 5.74) is 7.46. The molecule has 0 saturated carbocycles. The van der Waals surface area contributed by atoms with Gasteiger partial charge in [0.15, 0.2) is 0 Å². The van der Waals surface area contributed by atoms with Crippen molar-refractivity contribution in [3.05, 3.63) is 29.2 Å². The molecule has 1 atom stereocenters. The highest BCUT2D eigenvalue weighted by Crippen LogP contribution is 2.44.